The zero-order valence-corrected chi connectivity index (χ0v) is 11.4. The summed E-state index contributed by atoms with van der Waals surface area (Å²) in [5.41, 5.74) is 2.24. The van der Waals surface area contributed by atoms with E-state index in [1.165, 1.54) is 6.20 Å². The monoisotopic (exact) mass is 296 g/mol. The van der Waals surface area contributed by atoms with Crippen LogP contribution < -0.4 is 5.32 Å². The first kappa shape index (κ1) is 13.7. The van der Waals surface area contributed by atoms with Gasteiger partial charge in [0.15, 0.2) is 0 Å². The minimum Gasteiger partial charge on any atom is -0.481 e. The third kappa shape index (κ3) is 2.78. The zero-order valence-electron chi connectivity index (χ0n) is 11.4. The molecule has 0 atom stereocenters. The molecular formula is C15H12N4O3. The molecule has 0 aliphatic rings. The van der Waals surface area contributed by atoms with Gasteiger partial charge in [-0.25, -0.2) is 9.97 Å². The zero-order chi connectivity index (χ0) is 15.5. The first-order valence-electron chi connectivity index (χ1n) is 6.53. The number of para-hydroxylation sites is 2. The second kappa shape index (κ2) is 5.65. The van der Waals surface area contributed by atoms with Crippen LogP contribution in [-0.2, 0) is 9.59 Å². The number of benzene rings is 1. The van der Waals surface area contributed by atoms with E-state index in [1.54, 1.807) is 18.5 Å². The van der Waals surface area contributed by atoms with Crippen LogP contribution in [0.5, 0.6) is 0 Å². The summed E-state index contributed by atoms with van der Waals surface area (Å²) >= 11 is 0. The Labute approximate surface area is 125 Å². The number of aromatic nitrogens is 3. The molecule has 0 aliphatic heterocycles. The van der Waals surface area contributed by atoms with Gasteiger partial charge in [-0.1, -0.05) is 12.1 Å². The van der Waals surface area contributed by atoms with Crippen LogP contribution in [0.1, 0.15) is 6.42 Å². The van der Waals surface area contributed by atoms with Crippen molar-refractivity contribution in [1.29, 1.82) is 0 Å². The molecule has 1 amide bonds. The number of amides is 1. The molecule has 2 N–H and O–H groups in total. The van der Waals surface area contributed by atoms with Crippen LogP contribution in [0.2, 0.25) is 0 Å². The molecule has 110 valence electrons. The molecule has 0 aliphatic carbocycles. The van der Waals surface area contributed by atoms with Gasteiger partial charge in [-0.15, -0.1) is 0 Å². The second-order valence-corrected chi connectivity index (χ2v) is 4.63. The number of carboxylic acids is 1. The Balaban J connectivity index is 1.82. The number of hydrogen-bond acceptors (Lipinski definition) is 4. The standard InChI is InChI=1S/C15H12N4O3/c20-14(7-15(21)22)18-10-5-6-13(16-8-10)19-9-17-11-3-1-2-4-12(11)19/h1-6,8-9H,7H2,(H,18,20)(H,21,22). The molecule has 0 fully saturated rings. The van der Waals surface area contributed by atoms with Gasteiger partial charge in [-0.3, -0.25) is 14.2 Å². The summed E-state index contributed by atoms with van der Waals surface area (Å²) in [4.78, 5) is 30.4. The molecule has 0 radical (unpaired) electrons. The Kier molecular flexibility index (Phi) is 3.53. The Morgan fingerprint density at radius 2 is 1.95 bits per heavy atom. The van der Waals surface area contributed by atoms with Crippen LogP contribution in [0, 0.1) is 0 Å². The smallest absolute Gasteiger partial charge is 0.312 e. The number of carboxylic acid groups (broad SMARTS) is 1. The minimum atomic E-state index is -1.17. The van der Waals surface area contributed by atoms with E-state index < -0.39 is 18.3 Å². The fourth-order valence-corrected chi connectivity index (χ4v) is 2.09. The van der Waals surface area contributed by atoms with Gasteiger partial charge in [0.2, 0.25) is 5.91 Å². The SMILES string of the molecule is O=C(O)CC(=O)Nc1ccc(-n2cnc3ccccc32)nc1. The largest absolute Gasteiger partial charge is 0.481 e. The quantitative estimate of drug-likeness (QED) is 0.716. The third-order valence-corrected chi connectivity index (χ3v) is 3.04. The van der Waals surface area contributed by atoms with Crippen LogP contribution in [0.4, 0.5) is 5.69 Å². The number of fused-ring (bicyclic) bond motifs is 1. The van der Waals surface area contributed by atoms with Crippen molar-refractivity contribution >= 4 is 28.6 Å². The van der Waals surface area contributed by atoms with Gasteiger partial charge in [0.05, 0.1) is 22.9 Å². The molecule has 3 aromatic rings. The first-order chi connectivity index (χ1) is 10.6. The van der Waals surface area contributed by atoms with Gasteiger partial charge in [-0.2, -0.15) is 0 Å². The van der Waals surface area contributed by atoms with Crippen molar-refractivity contribution in [2.24, 2.45) is 0 Å². The number of hydrogen-bond donors (Lipinski definition) is 2. The molecule has 2 heterocycles. The lowest BCUT2D eigenvalue weighted by molar-refractivity contribution is -0.139. The Bertz CT molecular complexity index is 839. The van der Waals surface area contributed by atoms with E-state index in [2.05, 4.69) is 15.3 Å². The molecule has 0 saturated carbocycles. The van der Waals surface area contributed by atoms with E-state index in [1.807, 2.05) is 28.8 Å². The molecular weight excluding hydrogens is 284 g/mol. The lowest BCUT2D eigenvalue weighted by atomic mass is 10.3. The molecule has 0 saturated heterocycles. The fourth-order valence-electron chi connectivity index (χ4n) is 2.09. The second-order valence-electron chi connectivity index (χ2n) is 4.63. The maximum Gasteiger partial charge on any atom is 0.312 e. The minimum absolute atomic E-state index is 0.444. The summed E-state index contributed by atoms with van der Waals surface area (Å²) in [6.45, 7) is 0. The highest BCUT2D eigenvalue weighted by molar-refractivity contribution is 6.01. The number of carbonyl (C=O) groups excluding carboxylic acids is 1. The molecule has 2 aromatic heterocycles. The van der Waals surface area contributed by atoms with Crippen LogP contribution in [0.25, 0.3) is 16.9 Å². The summed E-state index contributed by atoms with van der Waals surface area (Å²) in [5.74, 6) is -1.10. The third-order valence-electron chi connectivity index (χ3n) is 3.04. The van der Waals surface area contributed by atoms with Gasteiger partial charge >= 0.3 is 5.97 Å². The number of rotatable bonds is 4. The molecule has 7 nitrogen and oxygen atoms in total. The van der Waals surface area contributed by atoms with Gasteiger partial charge in [0.25, 0.3) is 0 Å². The molecule has 0 unspecified atom stereocenters. The normalized spacial score (nSPS) is 10.5. The number of imidazole rings is 1. The van der Waals surface area contributed by atoms with Gasteiger partial charge < -0.3 is 10.4 Å². The average molecular weight is 296 g/mol. The lowest BCUT2D eigenvalue weighted by Crippen LogP contribution is -2.16. The van der Waals surface area contributed by atoms with E-state index in [0.29, 0.717) is 11.5 Å². The maximum atomic E-state index is 11.4. The van der Waals surface area contributed by atoms with Crippen LogP contribution in [-0.4, -0.2) is 31.5 Å². The highest BCUT2D eigenvalue weighted by Crippen LogP contribution is 2.17. The number of aliphatic carboxylic acids is 1. The summed E-state index contributed by atoms with van der Waals surface area (Å²) in [6, 6.07) is 11.1. The topological polar surface area (TPSA) is 97.1 Å². The highest BCUT2D eigenvalue weighted by Gasteiger charge is 2.09. The molecule has 0 spiro atoms. The number of pyridine rings is 1. The summed E-state index contributed by atoms with van der Waals surface area (Å²) < 4.78 is 1.83. The lowest BCUT2D eigenvalue weighted by Gasteiger charge is -2.06. The van der Waals surface area contributed by atoms with Gasteiger partial charge in [0, 0.05) is 0 Å². The Hall–Kier alpha value is -3.22. The first-order valence-corrected chi connectivity index (χ1v) is 6.53. The molecule has 3 rings (SSSR count). The Morgan fingerprint density at radius 1 is 1.14 bits per heavy atom. The van der Waals surface area contributed by atoms with E-state index >= 15 is 0 Å². The van der Waals surface area contributed by atoms with Crippen molar-refractivity contribution in [1.82, 2.24) is 14.5 Å². The van der Waals surface area contributed by atoms with Crippen molar-refractivity contribution in [3.8, 4) is 5.82 Å². The van der Waals surface area contributed by atoms with E-state index in [4.69, 9.17) is 5.11 Å². The number of carbonyl (C=O) groups is 2. The molecule has 7 heteroatoms. The van der Waals surface area contributed by atoms with E-state index in [0.717, 1.165) is 11.0 Å². The predicted octanol–water partition coefficient (Wildman–Crippen LogP) is 1.83. The van der Waals surface area contributed by atoms with Crippen molar-refractivity contribution in [2.75, 3.05) is 5.32 Å². The molecule has 22 heavy (non-hydrogen) atoms. The van der Waals surface area contributed by atoms with Crippen molar-refractivity contribution in [2.45, 2.75) is 6.42 Å². The summed E-state index contributed by atoms with van der Waals surface area (Å²) in [7, 11) is 0. The molecule has 0 bridgehead atoms. The predicted molar refractivity (Wildman–Crippen MR) is 79.7 cm³/mol. The summed E-state index contributed by atoms with van der Waals surface area (Å²) in [5, 5.41) is 11.0. The van der Waals surface area contributed by atoms with E-state index in [-0.39, 0.29) is 0 Å². The summed E-state index contributed by atoms with van der Waals surface area (Å²) in [6.07, 6.45) is 2.58. The van der Waals surface area contributed by atoms with Crippen LogP contribution >= 0.6 is 0 Å². The number of nitrogens with one attached hydrogen (secondary N) is 1. The van der Waals surface area contributed by atoms with Crippen molar-refractivity contribution in [3.05, 3.63) is 48.9 Å². The van der Waals surface area contributed by atoms with E-state index in [9.17, 15) is 9.59 Å². The molecule has 1 aromatic carbocycles. The Morgan fingerprint density at radius 3 is 2.68 bits per heavy atom. The maximum absolute atomic E-state index is 11.4. The van der Waals surface area contributed by atoms with Gasteiger partial charge in [-0.05, 0) is 24.3 Å². The van der Waals surface area contributed by atoms with Crippen LogP contribution in [0.15, 0.2) is 48.9 Å². The van der Waals surface area contributed by atoms with Crippen molar-refractivity contribution in [3.63, 3.8) is 0 Å². The fraction of sp³-hybridized carbons (Fsp3) is 0.0667. The average Bonchev–Trinajstić information content (AvgIpc) is 2.91. The highest BCUT2D eigenvalue weighted by atomic mass is 16.4. The number of nitrogens with zero attached hydrogens (tertiary/aromatic N) is 3. The van der Waals surface area contributed by atoms with Crippen LogP contribution in [0.3, 0.4) is 0 Å². The van der Waals surface area contributed by atoms with Gasteiger partial charge in [0.1, 0.15) is 18.6 Å². The van der Waals surface area contributed by atoms with Crippen molar-refractivity contribution < 1.29 is 14.7 Å². The number of anilines is 1.